The number of urea groups is 1. The van der Waals surface area contributed by atoms with Gasteiger partial charge in [-0.05, 0) is 55.4 Å². The van der Waals surface area contributed by atoms with Crippen LogP contribution in [0.2, 0.25) is 0 Å². The number of carbonyl (C=O) groups excluding carboxylic acids is 2. The maximum Gasteiger partial charge on any atom is 0.416 e. The lowest BCUT2D eigenvalue weighted by Crippen LogP contribution is -2.45. The number of alkyl halides is 3. The van der Waals surface area contributed by atoms with Gasteiger partial charge in [-0.2, -0.15) is 13.2 Å². The summed E-state index contributed by atoms with van der Waals surface area (Å²) >= 11 is 0. The summed E-state index contributed by atoms with van der Waals surface area (Å²) in [5.74, 6) is 6.34. The van der Waals surface area contributed by atoms with Gasteiger partial charge < -0.3 is 15.5 Å². The number of nitrogens with one attached hydrogen (secondary N) is 3. The molecule has 1 aliphatic rings. The first-order chi connectivity index (χ1) is 20.0. The van der Waals surface area contributed by atoms with Crippen LogP contribution in [0.1, 0.15) is 41.8 Å². The van der Waals surface area contributed by atoms with E-state index in [-0.39, 0.29) is 29.5 Å². The minimum atomic E-state index is -4.57. The molecule has 1 fully saturated rings. The summed E-state index contributed by atoms with van der Waals surface area (Å²) in [7, 11) is 0. The van der Waals surface area contributed by atoms with Crippen molar-refractivity contribution in [2.24, 2.45) is 0 Å². The lowest BCUT2D eigenvalue weighted by molar-refractivity contribution is -0.138. The van der Waals surface area contributed by atoms with Gasteiger partial charge in [0.25, 0.3) is 0 Å². The maximum absolute atomic E-state index is 13.9. The molecule has 3 heterocycles. The summed E-state index contributed by atoms with van der Waals surface area (Å²) in [6.45, 7) is 9.38. The number of anilines is 3. The molecule has 12 heteroatoms. The van der Waals surface area contributed by atoms with E-state index in [2.05, 4.69) is 49.6 Å². The van der Waals surface area contributed by atoms with Gasteiger partial charge in [0.05, 0.1) is 11.3 Å². The second kappa shape index (κ2) is 13.5. The molecule has 3 aromatic rings. The van der Waals surface area contributed by atoms with Crippen LogP contribution in [-0.4, -0.2) is 64.4 Å². The molecule has 220 valence electrons. The molecule has 1 saturated heterocycles. The third-order valence-electron chi connectivity index (χ3n) is 6.71. The Morgan fingerprint density at radius 1 is 0.929 bits per heavy atom. The molecule has 4 rings (SSSR count). The Morgan fingerprint density at radius 2 is 1.67 bits per heavy atom. The lowest BCUT2D eigenvalue weighted by atomic mass is 10.0. The molecule has 3 amide bonds. The van der Waals surface area contributed by atoms with Crippen LogP contribution in [-0.2, 0) is 17.5 Å². The van der Waals surface area contributed by atoms with Crippen LogP contribution in [0.4, 0.5) is 35.3 Å². The van der Waals surface area contributed by atoms with Gasteiger partial charge in [-0.25, -0.2) is 14.8 Å². The fourth-order valence-electron chi connectivity index (χ4n) is 4.50. The highest BCUT2D eigenvalue weighted by molar-refractivity contribution is 5.99. The number of amides is 3. The van der Waals surface area contributed by atoms with Gasteiger partial charge >= 0.3 is 12.2 Å². The van der Waals surface area contributed by atoms with Crippen molar-refractivity contribution in [3.8, 4) is 11.8 Å². The van der Waals surface area contributed by atoms with E-state index in [0.717, 1.165) is 25.7 Å². The summed E-state index contributed by atoms with van der Waals surface area (Å²) in [5, 5.41) is 7.62. The number of aryl methyl sites for hydroxylation is 1. The molecule has 42 heavy (non-hydrogen) atoms. The lowest BCUT2D eigenvalue weighted by Gasteiger charge is -2.34. The second-order valence-electron chi connectivity index (χ2n) is 9.85. The van der Waals surface area contributed by atoms with Gasteiger partial charge in [-0.1, -0.05) is 24.8 Å². The number of rotatable bonds is 6. The first-order valence-electron chi connectivity index (χ1n) is 13.5. The molecule has 0 bridgehead atoms. The molecular weight excluding hydrogens is 547 g/mol. The van der Waals surface area contributed by atoms with Gasteiger partial charge in [0.15, 0.2) is 0 Å². The van der Waals surface area contributed by atoms with E-state index in [1.807, 2.05) is 4.90 Å². The van der Waals surface area contributed by atoms with Crippen LogP contribution < -0.4 is 16.0 Å². The summed E-state index contributed by atoms with van der Waals surface area (Å²) in [5.41, 5.74) is 1.24. The summed E-state index contributed by atoms with van der Waals surface area (Å²) in [4.78, 5) is 36.5. The zero-order valence-corrected chi connectivity index (χ0v) is 23.6. The van der Waals surface area contributed by atoms with Crippen LogP contribution in [0.15, 0.2) is 48.7 Å². The van der Waals surface area contributed by atoms with Crippen LogP contribution in [0.25, 0.3) is 0 Å². The van der Waals surface area contributed by atoms with E-state index in [0.29, 0.717) is 35.7 Å². The highest BCUT2D eigenvalue weighted by Crippen LogP contribution is 2.34. The van der Waals surface area contributed by atoms with E-state index in [9.17, 15) is 22.8 Å². The van der Waals surface area contributed by atoms with Crippen molar-refractivity contribution in [1.82, 2.24) is 19.8 Å². The molecule has 0 radical (unpaired) electrons. The Labute approximate surface area is 242 Å². The Kier molecular flexibility index (Phi) is 9.77. The van der Waals surface area contributed by atoms with Crippen LogP contribution >= 0.6 is 0 Å². The van der Waals surface area contributed by atoms with Crippen molar-refractivity contribution in [3.05, 3.63) is 76.6 Å². The average molecular weight is 580 g/mol. The van der Waals surface area contributed by atoms with Gasteiger partial charge in [0.2, 0.25) is 5.91 Å². The number of carbonyl (C=O) groups is 2. The van der Waals surface area contributed by atoms with Crippen LogP contribution in [0.5, 0.6) is 0 Å². The van der Waals surface area contributed by atoms with E-state index >= 15 is 0 Å². The number of likely N-dealkylation sites (N-methyl/N-ethyl adjacent to an activating group) is 1. The molecule has 1 aromatic carbocycles. The Balaban J connectivity index is 1.41. The number of aromatic nitrogens is 2. The number of pyridine rings is 2. The first kappa shape index (κ1) is 30.5. The number of benzene rings is 1. The quantitative estimate of drug-likeness (QED) is 0.358. The van der Waals surface area contributed by atoms with Crippen molar-refractivity contribution in [2.75, 3.05) is 48.7 Å². The number of hydrogen-bond acceptors (Lipinski definition) is 6. The Morgan fingerprint density at radius 3 is 2.33 bits per heavy atom. The number of halogens is 3. The van der Waals surface area contributed by atoms with Crippen LogP contribution in [0, 0.1) is 18.8 Å². The standard InChI is InChI=1S/C30H32F3N7O2/c1-4-39-13-15-40(16-14-39)19-24-7-9-25(18-26(24)30(31,32)33)37-29(42)38-28-17-22(11-12-34-28)5-6-23-8-10-27(35-20(23)2)36-21(3)41/h7-12,17-18H,4,13-16,19H2,1-3H3,(H,35,36,41)(H2,34,37,38,42). The smallest absolute Gasteiger partial charge is 0.311 e. The second-order valence-corrected chi connectivity index (χ2v) is 9.85. The van der Waals surface area contributed by atoms with Crippen molar-refractivity contribution in [2.45, 2.75) is 33.5 Å². The minimum Gasteiger partial charge on any atom is -0.311 e. The molecule has 3 N–H and O–H groups in total. The van der Waals surface area contributed by atoms with Gasteiger partial charge in [0, 0.05) is 62.7 Å². The molecule has 0 unspecified atom stereocenters. The Hall–Kier alpha value is -4.47. The maximum atomic E-state index is 13.9. The summed E-state index contributed by atoms with van der Waals surface area (Å²) in [6.07, 6.45) is -3.11. The highest BCUT2D eigenvalue weighted by Gasteiger charge is 2.34. The predicted octanol–water partition coefficient (Wildman–Crippen LogP) is 4.94. The van der Waals surface area contributed by atoms with Crippen LogP contribution in [0.3, 0.4) is 0 Å². The topological polar surface area (TPSA) is 102 Å². The van der Waals surface area contributed by atoms with E-state index < -0.39 is 17.8 Å². The molecule has 0 spiro atoms. The average Bonchev–Trinajstić information content (AvgIpc) is 2.93. The molecule has 9 nitrogen and oxygen atoms in total. The van der Waals surface area contributed by atoms with Crippen molar-refractivity contribution in [1.29, 1.82) is 0 Å². The molecule has 0 saturated carbocycles. The van der Waals surface area contributed by atoms with Gasteiger partial charge in [-0.3, -0.25) is 15.0 Å². The molecular formula is C30H32F3N7O2. The zero-order chi connectivity index (χ0) is 30.3. The fourth-order valence-corrected chi connectivity index (χ4v) is 4.50. The number of nitrogens with zero attached hydrogens (tertiary/aromatic N) is 4. The molecule has 0 atom stereocenters. The van der Waals surface area contributed by atoms with Crippen molar-refractivity contribution in [3.63, 3.8) is 0 Å². The monoisotopic (exact) mass is 579 g/mol. The predicted molar refractivity (Wildman–Crippen MR) is 155 cm³/mol. The van der Waals surface area contributed by atoms with Gasteiger partial charge in [-0.15, -0.1) is 0 Å². The third kappa shape index (κ3) is 8.52. The normalized spacial score (nSPS) is 14.0. The van der Waals surface area contributed by atoms with Gasteiger partial charge in [0.1, 0.15) is 11.6 Å². The molecule has 2 aromatic heterocycles. The Bertz CT molecular complexity index is 1510. The third-order valence-corrected chi connectivity index (χ3v) is 6.71. The zero-order valence-electron chi connectivity index (χ0n) is 23.6. The summed E-state index contributed by atoms with van der Waals surface area (Å²) < 4.78 is 41.8. The summed E-state index contributed by atoms with van der Waals surface area (Å²) in [6, 6.07) is 9.68. The largest absolute Gasteiger partial charge is 0.416 e. The van der Waals surface area contributed by atoms with Crippen molar-refractivity contribution < 1.29 is 22.8 Å². The molecule has 0 aliphatic carbocycles. The fraction of sp³-hybridized carbons (Fsp3) is 0.333. The first-order valence-corrected chi connectivity index (χ1v) is 13.5. The highest BCUT2D eigenvalue weighted by atomic mass is 19.4. The van der Waals surface area contributed by atoms with E-state index in [4.69, 9.17) is 0 Å². The minimum absolute atomic E-state index is 0.0148. The van der Waals surface area contributed by atoms with Crippen molar-refractivity contribution >= 4 is 29.3 Å². The number of piperazine rings is 1. The molecule has 1 aliphatic heterocycles. The number of hydrogen-bond donors (Lipinski definition) is 3. The van der Waals surface area contributed by atoms with E-state index in [1.165, 1.54) is 25.3 Å². The van der Waals surface area contributed by atoms with E-state index in [1.54, 1.807) is 31.2 Å². The SMILES string of the molecule is CCN1CCN(Cc2ccc(NC(=O)Nc3cc(C#Cc4ccc(NC(C)=O)nc4C)ccn3)cc2C(F)(F)F)CC1.